The molecule has 5 rings (SSSR count). The van der Waals surface area contributed by atoms with E-state index in [1.54, 1.807) is 0 Å². The molecule has 0 aliphatic rings. The summed E-state index contributed by atoms with van der Waals surface area (Å²) in [4.78, 5) is 0. The molecule has 124 valence electrons. The predicted molar refractivity (Wildman–Crippen MR) is 108 cm³/mol. The summed E-state index contributed by atoms with van der Waals surface area (Å²) in [6.45, 7) is 4.51. The van der Waals surface area contributed by atoms with E-state index in [-0.39, 0.29) is 0 Å². The van der Waals surface area contributed by atoms with Gasteiger partial charge in [0, 0.05) is 57.7 Å². The van der Waals surface area contributed by atoms with Crippen LogP contribution in [0, 0.1) is 0 Å². The van der Waals surface area contributed by atoms with Gasteiger partial charge < -0.3 is 9.13 Å². The number of para-hydroxylation sites is 1. The summed E-state index contributed by atoms with van der Waals surface area (Å²) < 4.78 is 4.66. The minimum Gasteiger partial charge on any atom is -0.344 e. The number of hydrogen-bond donors (Lipinski definition) is 0. The van der Waals surface area contributed by atoms with Crippen LogP contribution in [0.25, 0.3) is 43.6 Å². The maximum atomic E-state index is 2.36. The van der Waals surface area contributed by atoms with Crippen LogP contribution in [0.15, 0.2) is 54.6 Å². The van der Waals surface area contributed by atoms with Gasteiger partial charge in [0.1, 0.15) is 0 Å². The van der Waals surface area contributed by atoms with Gasteiger partial charge in [-0.15, -0.1) is 0 Å². The summed E-state index contributed by atoms with van der Waals surface area (Å²) in [5.41, 5.74) is 6.61. The number of aromatic nitrogens is 2. The minimum absolute atomic E-state index is 0.547. The lowest BCUT2D eigenvalue weighted by Crippen LogP contribution is -1.90. The maximum Gasteiger partial charge on any atom is 0.0496 e. The molecular weight excluding hydrogens is 304 g/mol. The fourth-order valence-electron chi connectivity index (χ4n) is 4.23. The van der Waals surface area contributed by atoms with Crippen LogP contribution >= 0.6 is 0 Å². The molecular formula is C23H22N2. The number of nitrogens with zero attached hydrogens (tertiary/aromatic N) is 2. The highest BCUT2D eigenvalue weighted by atomic mass is 15.0. The first-order chi connectivity index (χ1) is 12.1. The van der Waals surface area contributed by atoms with Crippen LogP contribution in [0.1, 0.15) is 25.3 Å². The lowest BCUT2D eigenvalue weighted by atomic mass is 10.0. The van der Waals surface area contributed by atoms with Crippen molar-refractivity contribution in [2.45, 2.75) is 19.8 Å². The highest BCUT2D eigenvalue weighted by Crippen LogP contribution is 2.36. The van der Waals surface area contributed by atoms with Crippen molar-refractivity contribution in [2.24, 2.45) is 14.1 Å². The fourth-order valence-corrected chi connectivity index (χ4v) is 4.23. The highest BCUT2D eigenvalue weighted by Gasteiger charge is 2.14. The minimum atomic E-state index is 0.547. The number of fused-ring (bicyclic) bond motifs is 6. The van der Waals surface area contributed by atoms with Crippen molar-refractivity contribution in [1.29, 1.82) is 0 Å². The zero-order valence-corrected chi connectivity index (χ0v) is 15.2. The van der Waals surface area contributed by atoms with Crippen molar-refractivity contribution in [2.75, 3.05) is 0 Å². The van der Waals surface area contributed by atoms with E-state index in [9.17, 15) is 0 Å². The van der Waals surface area contributed by atoms with Gasteiger partial charge in [-0.2, -0.15) is 0 Å². The zero-order chi connectivity index (χ0) is 17.3. The van der Waals surface area contributed by atoms with Crippen molar-refractivity contribution < 1.29 is 0 Å². The van der Waals surface area contributed by atoms with Gasteiger partial charge in [-0.25, -0.2) is 0 Å². The molecule has 0 atom stereocenters. The Morgan fingerprint density at radius 3 is 1.84 bits per heavy atom. The number of rotatable bonds is 1. The van der Waals surface area contributed by atoms with Crippen LogP contribution in [0.2, 0.25) is 0 Å². The molecule has 0 saturated heterocycles. The molecule has 25 heavy (non-hydrogen) atoms. The average Bonchev–Trinajstić information content (AvgIpc) is 3.07. The first-order valence-electron chi connectivity index (χ1n) is 8.95. The molecule has 0 fully saturated rings. The third-order valence-electron chi connectivity index (χ3n) is 5.73. The first-order valence-corrected chi connectivity index (χ1v) is 8.95. The van der Waals surface area contributed by atoms with E-state index in [4.69, 9.17) is 0 Å². The van der Waals surface area contributed by atoms with Gasteiger partial charge >= 0.3 is 0 Å². The second-order valence-electron chi connectivity index (χ2n) is 7.45. The molecule has 0 unspecified atom stereocenters. The lowest BCUT2D eigenvalue weighted by Gasteiger charge is -2.06. The number of benzene rings is 3. The summed E-state index contributed by atoms with van der Waals surface area (Å²) in [7, 11) is 4.35. The molecule has 0 spiro atoms. The van der Waals surface area contributed by atoms with Crippen LogP contribution in [-0.2, 0) is 14.1 Å². The fraction of sp³-hybridized carbons (Fsp3) is 0.217. The Balaban J connectivity index is 1.97. The quantitative estimate of drug-likeness (QED) is 0.352. The van der Waals surface area contributed by atoms with Crippen molar-refractivity contribution >= 4 is 43.6 Å². The van der Waals surface area contributed by atoms with Crippen molar-refractivity contribution in [3.63, 3.8) is 0 Å². The third-order valence-corrected chi connectivity index (χ3v) is 5.73. The molecule has 0 radical (unpaired) electrons. The smallest absolute Gasteiger partial charge is 0.0496 e. The predicted octanol–water partition coefficient (Wildman–Crippen LogP) is 6.10. The van der Waals surface area contributed by atoms with Crippen molar-refractivity contribution in [3.05, 3.63) is 60.2 Å². The van der Waals surface area contributed by atoms with Crippen LogP contribution < -0.4 is 0 Å². The van der Waals surface area contributed by atoms with Gasteiger partial charge in [0.05, 0.1) is 0 Å². The molecule has 0 amide bonds. The largest absolute Gasteiger partial charge is 0.344 e. The summed E-state index contributed by atoms with van der Waals surface area (Å²) in [5, 5.41) is 5.34. The van der Waals surface area contributed by atoms with Gasteiger partial charge in [-0.1, -0.05) is 44.2 Å². The van der Waals surface area contributed by atoms with E-state index in [0.29, 0.717) is 5.92 Å². The monoisotopic (exact) mass is 326 g/mol. The summed E-state index contributed by atoms with van der Waals surface area (Å²) in [6.07, 6.45) is 0. The molecule has 2 aromatic heterocycles. The highest BCUT2D eigenvalue weighted by molar-refractivity contribution is 6.17. The lowest BCUT2D eigenvalue weighted by molar-refractivity contribution is 0.866. The van der Waals surface area contributed by atoms with Gasteiger partial charge in [-0.05, 0) is 35.7 Å². The van der Waals surface area contributed by atoms with Crippen molar-refractivity contribution in [3.8, 4) is 0 Å². The summed E-state index contributed by atoms with van der Waals surface area (Å²) in [5.74, 6) is 0.547. The second-order valence-corrected chi connectivity index (χ2v) is 7.45. The van der Waals surface area contributed by atoms with Crippen LogP contribution in [-0.4, -0.2) is 9.13 Å². The molecule has 5 aromatic rings. The summed E-state index contributed by atoms with van der Waals surface area (Å²) >= 11 is 0. The zero-order valence-electron chi connectivity index (χ0n) is 15.2. The Morgan fingerprint density at radius 2 is 1.16 bits per heavy atom. The Morgan fingerprint density at radius 1 is 0.600 bits per heavy atom. The van der Waals surface area contributed by atoms with Crippen LogP contribution in [0.5, 0.6) is 0 Å². The molecule has 0 saturated carbocycles. The van der Waals surface area contributed by atoms with E-state index in [1.165, 1.54) is 49.2 Å². The third kappa shape index (κ3) is 1.85. The molecule has 0 aliphatic heterocycles. The van der Waals surface area contributed by atoms with E-state index in [0.717, 1.165) is 0 Å². The molecule has 0 N–H and O–H groups in total. The maximum absolute atomic E-state index is 2.36. The normalized spacial score (nSPS) is 12.4. The second kappa shape index (κ2) is 4.89. The molecule has 2 heteroatoms. The van der Waals surface area contributed by atoms with Gasteiger partial charge in [0.25, 0.3) is 0 Å². The Kier molecular flexibility index (Phi) is 2.85. The molecule has 2 heterocycles. The molecule has 0 aliphatic carbocycles. The number of hydrogen-bond acceptors (Lipinski definition) is 0. The first kappa shape index (κ1) is 14.6. The van der Waals surface area contributed by atoms with Crippen LogP contribution in [0.3, 0.4) is 0 Å². The van der Waals surface area contributed by atoms with Gasteiger partial charge in [0.2, 0.25) is 0 Å². The molecule has 3 aromatic carbocycles. The topological polar surface area (TPSA) is 9.86 Å². The van der Waals surface area contributed by atoms with Crippen LogP contribution in [0.4, 0.5) is 0 Å². The Labute approximate surface area is 147 Å². The SMILES string of the molecule is CC(C)c1ccc2c3cc4c(cc3n(C)c2c1)c1ccccc1n4C. The molecule has 0 bridgehead atoms. The number of aryl methyl sites for hydroxylation is 2. The Hall–Kier alpha value is -2.74. The van der Waals surface area contributed by atoms with E-state index < -0.39 is 0 Å². The average molecular weight is 326 g/mol. The molecule has 2 nitrogen and oxygen atoms in total. The van der Waals surface area contributed by atoms with E-state index in [2.05, 4.69) is 91.7 Å². The Bertz CT molecular complexity index is 1280. The van der Waals surface area contributed by atoms with Crippen molar-refractivity contribution in [1.82, 2.24) is 9.13 Å². The van der Waals surface area contributed by atoms with E-state index in [1.807, 2.05) is 0 Å². The van der Waals surface area contributed by atoms with E-state index >= 15 is 0 Å². The standard InChI is InChI=1S/C23H22N2/c1-14(2)15-9-10-17-19-13-22-18(12-23(19)25(4)21(17)11-15)16-7-5-6-8-20(16)24(22)3/h5-14H,1-4H3. The van der Waals surface area contributed by atoms with Gasteiger partial charge in [-0.3, -0.25) is 0 Å². The van der Waals surface area contributed by atoms with Gasteiger partial charge in [0.15, 0.2) is 0 Å². The summed E-state index contributed by atoms with van der Waals surface area (Å²) in [6, 6.07) is 20.3.